The average molecular weight is 275 g/mol. The zero-order valence-electron chi connectivity index (χ0n) is 8.92. The van der Waals surface area contributed by atoms with Crippen molar-refractivity contribution in [3.63, 3.8) is 0 Å². The number of rotatable bonds is 5. The van der Waals surface area contributed by atoms with Crippen molar-refractivity contribution in [3.05, 3.63) is 23.3 Å². The van der Waals surface area contributed by atoms with Crippen molar-refractivity contribution < 1.29 is 14.6 Å². The van der Waals surface area contributed by atoms with Crippen molar-refractivity contribution in [1.82, 2.24) is 0 Å². The molecule has 0 atom stereocenters. The first-order valence-electron chi connectivity index (χ1n) is 4.76. The van der Waals surface area contributed by atoms with Crippen LogP contribution in [0.2, 0.25) is 0 Å². The van der Waals surface area contributed by atoms with Crippen LogP contribution in [-0.4, -0.2) is 18.8 Å². The number of methoxy groups -OCH3 is 1. The lowest BCUT2D eigenvalue weighted by Gasteiger charge is -2.13. The molecule has 0 aliphatic carbocycles. The lowest BCUT2D eigenvalue weighted by Crippen LogP contribution is -1.99. The average Bonchev–Trinajstić information content (AvgIpc) is 2.28. The Morgan fingerprint density at radius 3 is 2.60 bits per heavy atom. The first-order valence-corrected chi connectivity index (χ1v) is 5.88. The summed E-state index contributed by atoms with van der Waals surface area (Å²) in [6.07, 6.45) is 0. The summed E-state index contributed by atoms with van der Waals surface area (Å²) in [6.45, 7) is 2.50. The van der Waals surface area contributed by atoms with E-state index in [4.69, 9.17) is 9.47 Å². The van der Waals surface area contributed by atoms with E-state index in [9.17, 15) is 5.11 Å². The molecule has 0 heterocycles. The molecule has 0 saturated heterocycles. The molecule has 0 spiro atoms. The molecule has 0 fully saturated rings. The molecule has 0 radical (unpaired) electrons. The molecule has 1 rings (SSSR count). The normalized spacial score (nSPS) is 10.1. The largest absolute Gasteiger partial charge is 0.496 e. The summed E-state index contributed by atoms with van der Waals surface area (Å²) in [6, 6.07) is 3.67. The van der Waals surface area contributed by atoms with E-state index in [1.54, 1.807) is 7.11 Å². The maximum Gasteiger partial charge on any atom is 0.126 e. The molecule has 0 aliphatic rings. The third-order valence-corrected chi connectivity index (χ3v) is 2.67. The van der Waals surface area contributed by atoms with Gasteiger partial charge in [-0.3, -0.25) is 0 Å². The Morgan fingerprint density at radius 1 is 1.40 bits per heavy atom. The zero-order chi connectivity index (χ0) is 11.3. The third kappa shape index (κ3) is 2.86. The molecular weight excluding hydrogens is 260 g/mol. The van der Waals surface area contributed by atoms with Crippen LogP contribution in [0, 0.1) is 0 Å². The Hall–Kier alpha value is -0.740. The Bertz CT molecular complexity index is 301. The molecule has 1 N–H and O–H groups in total. The van der Waals surface area contributed by atoms with Crippen molar-refractivity contribution in [2.24, 2.45) is 0 Å². The first kappa shape index (κ1) is 12.3. The Labute approximate surface area is 98.1 Å². The van der Waals surface area contributed by atoms with E-state index in [-0.39, 0.29) is 6.61 Å². The molecule has 0 aromatic heterocycles. The van der Waals surface area contributed by atoms with Crippen molar-refractivity contribution >= 4 is 15.9 Å². The number of benzene rings is 1. The SMILES string of the molecule is CCOc1cc(CO)c(CBr)c(OC)c1. The minimum absolute atomic E-state index is 0.0157. The van der Waals surface area contributed by atoms with Gasteiger partial charge in [-0.15, -0.1) is 0 Å². The Kier molecular flexibility index (Phi) is 4.91. The van der Waals surface area contributed by atoms with E-state index in [1.165, 1.54) is 0 Å². The summed E-state index contributed by atoms with van der Waals surface area (Å²) in [5, 5.41) is 9.88. The second-order valence-corrected chi connectivity index (χ2v) is 3.55. The molecule has 3 nitrogen and oxygen atoms in total. The summed E-state index contributed by atoms with van der Waals surface area (Å²) < 4.78 is 10.6. The molecule has 0 saturated carbocycles. The molecule has 4 heteroatoms. The van der Waals surface area contributed by atoms with Gasteiger partial charge in [0.15, 0.2) is 0 Å². The van der Waals surface area contributed by atoms with Crippen molar-refractivity contribution in [2.45, 2.75) is 18.9 Å². The molecule has 0 aliphatic heterocycles. The van der Waals surface area contributed by atoms with Crippen LogP contribution < -0.4 is 9.47 Å². The van der Waals surface area contributed by atoms with Gasteiger partial charge in [0, 0.05) is 17.0 Å². The summed E-state index contributed by atoms with van der Waals surface area (Å²) in [5.74, 6) is 1.46. The number of alkyl halides is 1. The van der Waals surface area contributed by atoms with Crippen LogP contribution in [0.25, 0.3) is 0 Å². The third-order valence-electron chi connectivity index (χ3n) is 2.11. The molecule has 15 heavy (non-hydrogen) atoms. The summed E-state index contributed by atoms with van der Waals surface area (Å²) in [5.41, 5.74) is 1.79. The van der Waals surface area contributed by atoms with Crippen molar-refractivity contribution in [1.29, 1.82) is 0 Å². The second kappa shape index (κ2) is 5.98. The van der Waals surface area contributed by atoms with E-state index in [0.29, 0.717) is 11.9 Å². The van der Waals surface area contributed by atoms with Gasteiger partial charge in [-0.2, -0.15) is 0 Å². The van der Waals surface area contributed by atoms with Crippen LogP contribution >= 0.6 is 15.9 Å². The molecule has 0 amide bonds. The lowest BCUT2D eigenvalue weighted by molar-refractivity contribution is 0.277. The highest BCUT2D eigenvalue weighted by Gasteiger charge is 2.10. The van der Waals surface area contributed by atoms with Gasteiger partial charge < -0.3 is 14.6 Å². The van der Waals surface area contributed by atoms with Crippen LogP contribution in [0.15, 0.2) is 12.1 Å². The van der Waals surface area contributed by atoms with E-state index in [1.807, 2.05) is 19.1 Å². The van der Waals surface area contributed by atoms with E-state index < -0.39 is 0 Å². The van der Waals surface area contributed by atoms with Crippen LogP contribution in [0.1, 0.15) is 18.1 Å². The maximum atomic E-state index is 9.23. The second-order valence-electron chi connectivity index (χ2n) is 2.99. The van der Waals surface area contributed by atoms with Crippen molar-refractivity contribution in [3.8, 4) is 11.5 Å². The molecule has 1 aromatic carbocycles. The number of halogens is 1. The summed E-state index contributed by atoms with van der Waals surface area (Å²) in [4.78, 5) is 0. The topological polar surface area (TPSA) is 38.7 Å². The van der Waals surface area contributed by atoms with Gasteiger partial charge in [0.05, 0.1) is 20.3 Å². The highest BCUT2D eigenvalue weighted by molar-refractivity contribution is 9.08. The quantitative estimate of drug-likeness (QED) is 0.839. The molecule has 0 bridgehead atoms. The molecular formula is C11H15BrO3. The van der Waals surface area contributed by atoms with Gasteiger partial charge in [-0.05, 0) is 18.6 Å². The van der Waals surface area contributed by atoms with Crippen molar-refractivity contribution in [2.75, 3.05) is 13.7 Å². The van der Waals surface area contributed by atoms with Gasteiger partial charge in [-0.25, -0.2) is 0 Å². The van der Waals surface area contributed by atoms with Gasteiger partial charge in [0.2, 0.25) is 0 Å². The standard InChI is InChI=1S/C11H15BrO3/c1-3-15-9-4-8(7-13)10(6-12)11(5-9)14-2/h4-5,13H,3,6-7H2,1-2H3. The molecule has 0 unspecified atom stereocenters. The minimum Gasteiger partial charge on any atom is -0.496 e. The fourth-order valence-electron chi connectivity index (χ4n) is 1.40. The zero-order valence-corrected chi connectivity index (χ0v) is 10.5. The van der Waals surface area contributed by atoms with E-state index >= 15 is 0 Å². The van der Waals surface area contributed by atoms with Gasteiger partial charge in [-0.1, -0.05) is 15.9 Å². The first-order chi connectivity index (χ1) is 7.26. The fourth-order valence-corrected chi connectivity index (χ4v) is 2.04. The monoisotopic (exact) mass is 274 g/mol. The predicted octanol–water partition coefficient (Wildman–Crippen LogP) is 2.48. The Balaban J connectivity index is 3.16. The fraction of sp³-hybridized carbons (Fsp3) is 0.455. The van der Waals surface area contributed by atoms with Gasteiger partial charge in [0.1, 0.15) is 11.5 Å². The van der Waals surface area contributed by atoms with E-state index in [2.05, 4.69) is 15.9 Å². The predicted molar refractivity (Wildman–Crippen MR) is 62.7 cm³/mol. The Morgan fingerprint density at radius 2 is 2.13 bits per heavy atom. The number of hydrogen-bond acceptors (Lipinski definition) is 3. The minimum atomic E-state index is -0.0157. The van der Waals surface area contributed by atoms with Gasteiger partial charge in [0.25, 0.3) is 0 Å². The van der Waals surface area contributed by atoms with Gasteiger partial charge >= 0.3 is 0 Å². The summed E-state index contributed by atoms with van der Waals surface area (Å²) in [7, 11) is 1.61. The molecule has 1 aromatic rings. The number of aliphatic hydroxyl groups excluding tert-OH is 1. The highest BCUT2D eigenvalue weighted by Crippen LogP contribution is 2.30. The lowest BCUT2D eigenvalue weighted by atomic mass is 10.1. The van der Waals surface area contributed by atoms with Crippen LogP contribution in [0.5, 0.6) is 11.5 Å². The van der Waals surface area contributed by atoms with E-state index in [0.717, 1.165) is 22.6 Å². The smallest absolute Gasteiger partial charge is 0.126 e. The number of aliphatic hydroxyl groups is 1. The van der Waals surface area contributed by atoms with Crippen LogP contribution in [0.3, 0.4) is 0 Å². The summed E-state index contributed by atoms with van der Waals surface area (Å²) >= 11 is 3.37. The maximum absolute atomic E-state index is 9.23. The molecule has 84 valence electrons. The number of hydrogen-bond donors (Lipinski definition) is 1. The highest BCUT2D eigenvalue weighted by atomic mass is 79.9. The van der Waals surface area contributed by atoms with Crippen LogP contribution in [-0.2, 0) is 11.9 Å². The van der Waals surface area contributed by atoms with Crippen LogP contribution in [0.4, 0.5) is 0 Å². The number of ether oxygens (including phenoxy) is 2.